The average molecular weight is 245 g/mol. The van der Waals surface area contributed by atoms with E-state index in [2.05, 4.69) is 10.1 Å². The van der Waals surface area contributed by atoms with Crippen LogP contribution in [0.2, 0.25) is 0 Å². The van der Waals surface area contributed by atoms with Crippen LogP contribution in [0.4, 0.5) is 0 Å². The van der Waals surface area contributed by atoms with Crippen LogP contribution in [0.5, 0.6) is 0 Å². The molecule has 2 aromatic heterocycles. The number of hydrogen-bond acceptors (Lipinski definition) is 4. The number of esters is 1. The number of aromatic nitrogens is 3. The molecule has 0 amide bonds. The van der Waals surface area contributed by atoms with Crippen LogP contribution in [-0.2, 0) is 11.3 Å². The van der Waals surface area contributed by atoms with E-state index in [0.29, 0.717) is 12.1 Å². The molecule has 0 fully saturated rings. The van der Waals surface area contributed by atoms with Crippen LogP contribution in [0.1, 0.15) is 24.2 Å². The molecule has 2 heterocycles. The molecule has 0 N–H and O–H groups in total. The van der Waals surface area contributed by atoms with E-state index in [-0.39, 0.29) is 5.97 Å². The predicted octanol–water partition coefficient (Wildman–Crippen LogP) is 1.91. The predicted molar refractivity (Wildman–Crippen MR) is 66.0 cm³/mol. The Hall–Kier alpha value is -2.17. The highest BCUT2D eigenvalue weighted by Gasteiger charge is 2.24. The first kappa shape index (κ1) is 12.3. The molecule has 5 heteroatoms. The summed E-state index contributed by atoms with van der Waals surface area (Å²) in [5, 5.41) is 4.09. The lowest BCUT2D eigenvalue weighted by molar-refractivity contribution is -0.00971. The zero-order valence-electron chi connectivity index (χ0n) is 10.4. The highest BCUT2D eigenvalue weighted by atomic mass is 16.6. The van der Waals surface area contributed by atoms with E-state index >= 15 is 0 Å². The molecule has 0 bridgehead atoms. The smallest absolute Gasteiger partial charge is 0.340 e. The summed E-state index contributed by atoms with van der Waals surface area (Å²) in [5.74, 6) is -0.375. The van der Waals surface area contributed by atoms with E-state index in [0.717, 1.165) is 0 Å². The molecular formula is C13H15N3O2. The molecule has 2 rings (SSSR count). The highest BCUT2D eigenvalue weighted by Crippen LogP contribution is 2.14. The van der Waals surface area contributed by atoms with Crippen molar-refractivity contribution >= 4 is 5.97 Å². The molecule has 0 spiro atoms. The molecule has 0 radical (unpaired) electrons. The van der Waals surface area contributed by atoms with Crippen LogP contribution >= 0.6 is 0 Å². The fraction of sp³-hybridized carbons (Fsp3) is 0.308. The van der Waals surface area contributed by atoms with Crippen molar-refractivity contribution < 1.29 is 9.53 Å². The summed E-state index contributed by atoms with van der Waals surface area (Å²) in [6.07, 6.45) is 6.64. The van der Waals surface area contributed by atoms with Crippen LogP contribution in [0.25, 0.3) is 0 Å². The first-order chi connectivity index (χ1) is 8.57. The molecule has 0 aromatic carbocycles. The number of nitrogens with zero attached hydrogens (tertiary/aromatic N) is 3. The summed E-state index contributed by atoms with van der Waals surface area (Å²) in [6.45, 7) is 4.21. The van der Waals surface area contributed by atoms with Crippen molar-refractivity contribution in [1.29, 1.82) is 0 Å². The van der Waals surface area contributed by atoms with Crippen LogP contribution in [0.3, 0.4) is 0 Å². The van der Waals surface area contributed by atoms with Crippen LogP contribution < -0.4 is 0 Å². The molecule has 0 unspecified atom stereocenters. The van der Waals surface area contributed by atoms with Crippen molar-refractivity contribution in [3.05, 3.63) is 48.5 Å². The fourth-order valence-corrected chi connectivity index (χ4v) is 1.61. The summed E-state index contributed by atoms with van der Waals surface area (Å²) in [5.41, 5.74) is -0.176. The Bertz CT molecular complexity index is 506. The van der Waals surface area contributed by atoms with Gasteiger partial charge in [0.2, 0.25) is 0 Å². The molecule has 0 aliphatic rings. The number of hydrogen-bond donors (Lipinski definition) is 0. The third-order valence-corrected chi connectivity index (χ3v) is 2.37. The van der Waals surface area contributed by atoms with Crippen LogP contribution in [-0.4, -0.2) is 26.3 Å². The van der Waals surface area contributed by atoms with Gasteiger partial charge in [-0.3, -0.25) is 9.67 Å². The van der Waals surface area contributed by atoms with Crippen molar-refractivity contribution in [2.75, 3.05) is 0 Å². The standard InChI is InChI=1S/C13H15N3O2/c1-13(2,10-16-8-4-7-15-16)18-12(17)11-5-3-6-14-9-11/h3-9H,10H2,1-2H3. The van der Waals surface area contributed by atoms with Gasteiger partial charge in [-0.15, -0.1) is 0 Å². The molecule has 5 nitrogen and oxygen atoms in total. The second-order valence-corrected chi connectivity index (χ2v) is 4.59. The number of rotatable bonds is 4. The first-order valence-electron chi connectivity index (χ1n) is 5.68. The number of pyridine rings is 1. The Balaban J connectivity index is 2.02. The second kappa shape index (κ2) is 5.00. The molecule has 0 saturated carbocycles. The van der Waals surface area contributed by atoms with Crippen LogP contribution in [0.15, 0.2) is 43.0 Å². The van der Waals surface area contributed by atoms with Gasteiger partial charge in [-0.25, -0.2) is 4.79 Å². The lowest BCUT2D eigenvalue weighted by Gasteiger charge is -2.24. The van der Waals surface area contributed by atoms with Gasteiger partial charge in [0.25, 0.3) is 0 Å². The highest BCUT2D eigenvalue weighted by molar-refractivity contribution is 5.89. The molecule has 2 aromatic rings. The minimum Gasteiger partial charge on any atom is -0.454 e. The van der Waals surface area contributed by atoms with E-state index in [4.69, 9.17) is 4.74 Å². The quantitative estimate of drug-likeness (QED) is 0.772. The molecular weight excluding hydrogens is 230 g/mol. The number of carbonyl (C=O) groups excluding carboxylic acids is 1. The lowest BCUT2D eigenvalue weighted by atomic mass is 10.1. The van der Waals surface area contributed by atoms with Gasteiger partial charge in [-0.1, -0.05) is 0 Å². The summed E-state index contributed by atoms with van der Waals surface area (Å²) in [6, 6.07) is 5.22. The zero-order chi connectivity index (χ0) is 13.0. The summed E-state index contributed by atoms with van der Waals surface area (Å²) in [4.78, 5) is 15.8. The summed E-state index contributed by atoms with van der Waals surface area (Å²) >= 11 is 0. The zero-order valence-corrected chi connectivity index (χ0v) is 10.4. The average Bonchev–Trinajstić information content (AvgIpc) is 2.81. The number of carbonyl (C=O) groups is 1. The van der Waals surface area contributed by atoms with E-state index in [1.807, 2.05) is 26.1 Å². The third-order valence-electron chi connectivity index (χ3n) is 2.37. The maximum atomic E-state index is 11.9. The van der Waals surface area contributed by atoms with Gasteiger partial charge >= 0.3 is 5.97 Å². The topological polar surface area (TPSA) is 57.0 Å². The Labute approximate surface area is 105 Å². The molecule has 0 saturated heterocycles. The Morgan fingerprint density at radius 2 is 2.22 bits per heavy atom. The lowest BCUT2D eigenvalue weighted by Crippen LogP contribution is -2.33. The van der Waals surface area contributed by atoms with Crippen molar-refractivity contribution in [2.24, 2.45) is 0 Å². The third kappa shape index (κ3) is 3.16. The fourth-order valence-electron chi connectivity index (χ4n) is 1.61. The van der Waals surface area contributed by atoms with E-state index in [9.17, 15) is 4.79 Å². The monoisotopic (exact) mass is 245 g/mol. The van der Waals surface area contributed by atoms with Crippen molar-refractivity contribution in [2.45, 2.75) is 26.0 Å². The molecule has 0 aliphatic heterocycles. The van der Waals surface area contributed by atoms with E-state index in [1.54, 1.807) is 29.2 Å². The summed E-state index contributed by atoms with van der Waals surface area (Å²) < 4.78 is 7.19. The molecule has 0 aliphatic carbocycles. The Morgan fingerprint density at radius 3 is 2.83 bits per heavy atom. The van der Waals surface area contributed by atoms with Gasteiger partial charge in [0, 0.05) is 24.8 Å². The van der Waals surface area contributed by atoms with Gasteiger partial charge in [0.15, 0.2) is 0 Å². The Kier molecular flexibility index (Phi) is 3.41. The second-order valence-electron chi connectivity index (χ2n) is 4.59. The maximum absolute atomic E-state index is 11.9. The van der Waals surface area contributed by atoms with Gasteiger partial charge in [0.1, 0.15) is 5.60 Å². The SMILES string of the molecule is CC(C)(Cn1cccn1)OC(=O)c1cccnc1. The van der Waals surface area contributed by atoms with E-state index < -0.39 is 5.60 Å². The van der Waals surface area contributed by atoms with Crippen LogP contribution in [0, 0.1) is 0 Å². The van der Waals surface area contributed by atoms with Gasteiger partial charge < -0.3 is 4.74 Å². The number of ether oxygens (including phenoxy) is 1. The van der Waals surface area contributed by atoms with Crippen molar-refractivity contribution in [1.82, 2.24) is 14.8 Å². The van der Waals surface area contributed by atoms with E-state index in [1.165, 1.54) is 6.20 Å². The minimum atomic E-state index is -0.626. The Morgan fingerprint density at radius 1 is 1.39 bits per heavy atom. The molecule has 18 heavy (non-hydrogen) atoms. The summed E-state index contributed by atoms with van der Waals surface area (Å²) in [7, 11) is 0. The van der Waals surface area contributed by atoms with Gasteiger partial charge in [-0.05, 0) is 32.0 Å². The molecule has 94 valence electrons. The van der Waals surface area contributed by atoms with Crippen molar-refractivity contribution in [3.8, 4) is 0 Å². The largest absolute Gasteiger partial charge is 0.454 e. The van der Waals surface area contributed by atoms with Gasteiger partial charge in [-0.2, -0.15) is 5.10 Å². The normalized spacial score (nSPS) is 11.2. The minimum absolute atomic E-state index is 0.375. The van der Waals surface area contributed by atoms with Gasteiger partial charge in [0.05, 0.1) is 12.1 Å². The first-order valence-corrected chi connectivity index (χ1v) is 5.68. The van der Waals surface area contributed by atoms with Crippen molar-refractivity contribution in [3.63, 3.8) is 0 Å². The molecule has 0 atom stereocenters. The maximum Gasteiger partial charge on any atom is 0.340 e.